The third kappa shape index (κ3) is 11.1. The molecule has 0 aliphatic heterocycles. The van der Waals surface area contributed by atoms with Gasteiger partial charge in [0.05, 0.1) is 34.2 Å². The van der Waals surface area contributed by atoms with Gasteiger partial charge in [-0.05, 0) is 62.3 Å². The van der Waals surface area contributed by atoms with Gasteiger partial charge in [-0.25, -0.2) is 0 Å². The second-order valence-corrected chi connectivity index (χ2v) is 7.41. The zero-order chi connectivity index (χ0) is 23.0. The molecule has 0 saturated carbocycles. The van der Waals surface area contributed by atoms with Gasteiger partial charge in [-0.1, -0.05) is 0 Å². The van der Waals surface area contributed by atoms with E-state index in [9.17, 15) is 44.1 Å². The van der Waals surface area contributed by atoms with Gasteiger partial charge in [0.2, 0.25) is 0 Å². The molecule has 0 saturated heterocycles. The maximum absolute atomic E-state index is 10.5. The van der Waals surface area contributed by atoms with E-state index in [1.165, 1.54) is 62.3 Å². The van der Waals surface area contributed by atoms with E-state index in [4.69, 9.17) is 0 Å². The van der Waals surface area contributed by atoms with Crippen LogP contribution in [0, 0.1) is 16.2 Å². The fourth-order valence-corrected chi connectivity index (χ4v) is 0.431. The number of carbonyl (C=O) groups excluding carboxylic acids is 6. The summed E-state index contributed by atoms with van der Waals surface area (Å²) in [5, 5.41) is 30.4. The molecule has 0 aliphatic rings. The first-order valence-corrected chi connectivity index (χ1v) is 7.84. The minimum absolute atomic E-state index is 0. The van der Waals surface area contributed by atoms with Crippen LogP contribution in [0.1, 0.15) is 62.3 Å². The smallest absolute Gasteiger partial charge is 0.549 e. The molecule has 28 heavy (non-hydrogen) atoms. The second kappa shape index (κ2) is 12.6. The molecule has 0 aromatic rings. The largest absolute Gasteiger partial charge is 3.00 e. The van der Waals surface area contributed by atoms with Crippen LogP contribution < -0.4 is 15.3 Å². The summed E-state index contributed by atoms with van der Waals surface area (Å²) in [7, 11) is 0. The Bertz CT molecular complexity index is 483. The predicted molar refractivity (Wildman–Crippen MR) is 88.4 cm³/mol. The first-order chi connectivity index (χ1) is 11.7. The van der Waals surface area contributed by atoms with Gasteiger partial charge in [0.1, 0.15) is 17.3 Å². The molecule has 0 aromatic heterocycles. The molecule has 164 valence electrons. The maximum Gasteiger partial charge on any atom is 3.00 e. The molecule has 0 rings (SSSR count). The van der Waals surface area contributed by atoms with Crippen LogP contribution in [0.4, 0.5) is 0 Å². The van der Waals surface area contributed by atoms with Crippen molar-refractivity contribution in [1.82, 2.24) is 0 Å². The van der Waals surface area contributed by atoms with E-state index in [1.807, 2.05) is 0 Å². The number of rotatable bonds is 6. The third-order valence-corrected chi connectivity index (χ3v) is 4.17. The summed E-state index contributed by atoms with van der Waals surface area (Å²) in [6.07, 6.45) is 0. The molecular weight excluding hydrogens is 557 g/mol. The first-order valence-electron chi connectivity index (χ1n) is 7.84. The Hall–Kier alpha value is -1.84. The van der Waals surface area contributed by atoms with Gasteiger partial charge < -0.3 is 29.7 Å². The Morgan fingerprint density at radius 3 is 0.571 bits per heavy atom. The summed E-state index contributed by atoms with van der Waals surface area (Å²) >= 11 is 0. The van der Waals surface area contributed by atoms with Crippen LogP contribution in [0.25, 0.3) is 0 Å². The van der Waals surface area contributed by atoms with Crippen molar-refractivity contribution in [2.45, 2.75) is 62.3 Å². The zero-order valence-electron chi connectivity index (χ0n) is 17.5. The quantitative estimate of drug-likeness (QED) is 0.254. The normalized spacial score (nSPS) is 10.6. The summed E-state index contributed by atoms with van der Waals surface area (Å²) in [5.41, 5.74) is -4.00. The van der Waals surface area contributed by atoms with Gasteiger partial charge in [0.15, 0.2) is 0 Å². The fourth-order valence-electron chi connectivity index (χ4n) is 0.431. The van der Waals surface area contributed by atoms with E-state index in [0.29, 0.717) is 0 Å². The van der Waals surface area contributed by atoms with E-state index in [1.54, 1.807) is 0 Å². The van der Waals surface area contributed by atoms with E-state index in [2.05, 4.69) is 0 Å². The standard InChI is InChI=1S/3C6H10O3.Au/c3*1-4(7)6(2,3)5(8)9;/h3*1-3H3,(H,8,9);/q;;;+3/p-3. The third-order valence-electron chi connectivity index (χ3n) is 4.17. The van der Waals surface area contributed by atoms with Crippen LogP contribution in [0.2, 0.25) is 0 Å². The molecule has 0 amide bonds. The van der Waals surface area contributed by atoms with Crippen LogP contribution in [0.15, 0.2) is 0 Å². The number of carboxylic acid groups (broad SMARTS) is 3. The van der Waals surface area contributed by atoms with Crippen LogP contribution in [-0.2, 0) is 51.1 Å². The molecule has 0 radical (unpaired) electrons. The van der Waals surface area contributed by atoms with Crippen molar-refractivity contribution < 1.29 is 66.5 Å². The zero-order valence-corrected chi connectivity index (χ0v) is 19.6. The summed E-state index contributed by atoms with van der Waals surface area (Å²) in [4.78, 5) is 61.9. The van der Waals surface area contributed by atoms with Gasteiger partial charge in [-0.3, -0.25) is 14.4 Å². The average Bonchev–Trinajstić information content (AvgIpc) is 2.47. The van der Waals surface area contributed by atoms with Crippen molar-refractivity contribution in [1.29, 1.82) is 0 Å². The van der Waals surface area contributed by atoms with Crippen molar-refractivity contribution in [3.63, 3.8) is 0 Å². The van der Waals surface area contributed by atoms with Gasteiger partial charge in [0.25, 0.3) is 0 Å². The minimum atomic E-state index is -1.33. The van der Waals surface area contributed by atoms with Crippen LogP contribution in [-0.4, -0.2) is 35.3 Å². The molecule has 0 unspecified atom stereocenters. The van der Waals surface area contributed by atoms with Crippen molar-refractivity contribution in [3.8, 4) is 0 Å². The van der Waals surface area contributed by atoms with Gasteiger partial charge in [0, 0.05) is 0 Å². The van der Waals surface area contributed by atoms with E-state index >= 15 is 0 Å². The van der Waals surface area contributed by atoms with Crippen molar-refractivity contribution in [2.75, 3.05) is 0 Å². The van der Waals surface area contributed by atoms with Gasteiger partial charge in [-0.15, -0.1) is 0 Å². The second-order valence-electron chi connectivity index (χ2n) is 7.41. The van der Waals surface area contributed by atoms with E-state index in [0.717, 1.165) is 0 Å². The SMILES string of the molecule is CC(=O)C(C)(C)C(=O)[O-].CC(=O)C(C)(C)C(=O)[O-].CC(=O)C(C)(C)C(=O)[O-].[Au+3]. The molecule has 0 atom stereocenters. The minimum Gasteiger partial charge on any atom is -0.549 e. The van der Waals surface area contributed by atoms with Crippen molar-refractivity contribution in [3.05, 3.63) is 0 Å². The topological polar surface area (TPSA) is 172 Å². The summed E-state index contributed by atoms with van der Waals surface area (Å²) < 4.78 is 0. The molecule has 10 heteroatoms. The Labute approximate surface area is 180 Å². The molecule has 0 aliphatic carbocycles. The Kier molecular flexibility index (Phi) is 15.2. The number of hydrogen-bond donors (Lipinski definition) is 0. The van der Waals surface area contributed by atoms with Gasteiger partial charge >= 0.3 is 22.4 Å². The number of aliphatic carboxylic acids is 3. The molecule has 0 heterocycles. The molecule has 0 N–H and O–H groups in total. The average molecular weight is 584 g/mol. The number of carboxylic acids is 3. The Morgan fingerprint density at radius 2 is 0.571 bits per heavy atom. The first kappa shape index (κ1) is 33.7. The van der Waals surface area contributed by atoms with Crippen molar-refractivity contribution >= 4 is 35.3 Å². The number of Topliss-reactive ketones (excluding diaryl/α,β-unsaturated/α-hetero) is 3. The number of ketones is 3. The number of hydrogen-bond acceptors (Lipinski definition) is 9. The number of carbonyl (C=O) groups is 6. The molecule has 0 spiro atoms. The van der Waals surface area contributed by atoms with Crippen LogP contribution >= 0.6 is 0 Å². The summed E-state index contributed by atoms with van der Waals surface area (Å²) in [6.45, 7) is 11.6. The summed E-state index contributed by atoms with van der Waals surface area (Å²) in [5.74, 6) is -5.13. The van der Waals surface area contributed by atoms with E-state index < -0.39 is 34.2 Å². The van der Waals surface area contributed by atoms with E-state index in [-0.39, 0.29) is 39.7 Å². The van der Waals surface area contributed by atoms with Crippen molar-refractivity contribution in [2.24, 2.45) is 16.2 Å². The molecule has 0 fully saturated rings. The van der Waals surface area contributed by atoms with Crippen LogP contribution in [0.3, 0.4) is 0 Å². The van der Waals surface area contributed by atoms with Gasteiger partial charge in [-0.2, -0.15) is 0 Å². The molecule has 0 bridgehead atoms. The molecule has 0 aromatic carbocycles. The van der Waals surface area contributed by atoms with Crippen LogP contribution in [0.5, 0.6) is 0 Å². The predicted octanol–water partition coefficient (Wildman–Crippen LogP) is -1.95. The summed E-state index contributed by atoms with van der Waals surface area (Å²) in [6, 6.07) is 0. The maximum atomic E-state index is 10.5. The Morgan fingerprint density at radius 1 is 0.464 bits per heavy atom. The molecular formula is C18H27AuO9. The molecule has 9 nitrogen and oxygen atoms in total. The fraction of sp³-hybridized carbons (Fsp3) is 0.667. The Balaban J connectivity index is -0.000000152. The monoisotopic (exact) mass is 584 g/mol.